The van der Waals surface area contributed by atoms with Gasteiger partial charge in [-0.2, -0.15) is 4.31 Å². The molecule has 0 spiro atoms. The molecule has 2 rings (SSSR count). The minimum Gasteiger partial charge on any atom is -0.380 e. The van der Waals surface area contributed by atoms with E-state index in [9.17, 15) is 8.42 Å². The lowest BCUT2D eigenvalue weighted by Crippen LogP contribution is -2.33. The summed E-state index contributed by atoms with van der Waals surface area (Å²) in [6.45, 7) is 2.04. The van der Waals surface area contributed by atoms with Crippen molar-refractivity contribution in [2.75, 3.05) is 26.3 Å². The van der Waals surface area contributed by atoms with Crippen LogP contribution in [0.2, 0.25) is 0 Å². The van der Waals surface area contributed by atoms with Gasteiger partial charge in [0.2, 0.25) is 10.0 Å². The molecule has 0 unspecified atom stereocenters. The fourth-order valence-corrected chi connectivity index (χ4v) is 3.80. The highest BCUT2D eigenvalue weighted by molar-refractivity contribution is 9.10. The second kappa shape index (κ2) is 5.48. The van der Waals surface area contributed by atoms with Crippen molar-refractivity contribution in [1.29, 1.82) is 0 Å². The van der Waals surface area contributed by atoms with Crippen LogP contribution in [0, 0.1) is 0 Å². The van der Waals surface area contributed by atoms with Crippen LogP contribution in [0.15, 0.2) is 33.6 Å². The Morgan fingerprint density at radius 3 is 2.82 bits per heavy atom. The van der Waals surface area contributed by atoms with E-state index in [0.29, 0.717) is 31.2 Å². The summed E-state index contributed by atoms with van der Waals surface area (Å²) in [5.41, 5.74) is 0. The minimum atomic E-state index is -3.38. The number of halogens is 1. The van der Waals surface area contributed by atoms with Crippen LogP contribution < -0.4 is 0 Å². The normalized spacial score (nSPS) is 18.9. The molecule has 0 aromatic heterocycles. The molecule has 1 aliphatic heterocycles. The first kappa shape index (κ1) is 13.0. The molecular formula is C11H14BrNO3S. The lowest BCUT2D eigenvalue weighted by atomic mass is 10.4. The third-order valence-electron chi connectivity index (χ3n) is 2.62. The fraction of sp³-hybridized carbons (Fsp3) is 0.455. The van der Waals surface area contributed by atoms with Gasteiger partial charge in [-0.3, -0.25) is 0 Å². The van der Waals surface area contributed by atoms with Crippen molar-refractivity contribution in [2.45, 2.75) is 11.3 Å². The van der Waals surface area contributed by atoms with Crippen molar-refractivity contribution in [3.63, 3.8) is 0 Å². The maximum atomic E-state index is 12.3. The summed E-state index contributed by atoms with van der Waals surface area (Å²) in [5, 5.41) is 0. The zero-order chi connectivity index (χ0) is 12.3. The van der Waals surface area contributed by atoms with Gasteiger partial charge >= 0.3 is 0 Å². The van der Waals surface area contributed by atoms with Crippen molar-refractivity contribution >= 4 is 26.0 Å². The lowest BCUT2D eigenvalue weighted by molar-refractivity contribution is 0.148. The van der Waals surface area contributed by atoms with Crippen molar-refractivity contribution in [3.05, 3.63) is 28.7 Å². The van der Waals surface area contributed by atoms with Gasteiger partial charge in [-0.1, -0.05) is 22.0 Å². The fourth-order valence-electron chi connectivity index (χ4n) is 1.74. The van der Waals surface area contributed by atoms with E-state index in [-0.39, 0.29) is 0 Å². The standard InChI is InChI=1S/C11H14BrNO3S/c12-10-3-1-4-11(9-10)17(14,15)13-5-2-7-16-8-6-13/h1,3-4,9H,2,5-8H2. The second-order valence-corrected chi connectivity index (χ2v) is 6.68. The molecule has 0 aliphatic carbocycles. The largest absolute Gasteiger partial charge is 0.380 e. The summed E-state index contributed by atoms with van der Waals surface area (Å²) in [6.07, 6.45) is 0.743. The van der Waals surface area contributed by atoms with Gasteiger partial charge in [0.15, 0.2) is 0 Å². The quantitative estimate of drug-likeness (QED) is 0.836. The number of hydrogen-bond acceptors (Lipinski definition) is 3. The molecule has 0 radical (unpaired) electrons. The molecular weight excluding hydrogens is 306 g/mol. The van der Waals surface area contributed by atoms with Gasteiger partial charge in [0.1, 0.15) is 0 Å². The summed E-state index contributed by atoms with van der Waals surface area (Å²) in [6, 6.07) is 6.78. The van der Waals surface area contributed by atoms with Crippen LogP contribution in [0.1, 0.15) is 6.42 Å². The van der Waals surface area contributed by atoms with Crippen LogP contribution in [0.4, 0.5) is 0 Å². The van der Waals surface area contributed by atoms with Crippen molar-refractivity contribution in [1.82, 2.24) is 4.31 Å². The average Bonchev–Trinajstić information content (AvgIpc) is 2.58. The monoisotopic (exact) mass is 319 g/mol. The van der Waals surface area contributed by atoms with E-state index in [4.69, 9.17) is 4.74 Å². The molecule has 1 aliphatic rings. The number of rotatable bonds is 2. The highest BCUT2D eigenvalue weighted by Crippen LogP contribution is 2.20. The molecule has 6 heteroatoms. The molecule has 4 nitrogen and oxygen atoms in total. The number of hydrogen-bond donors (Lipinski definition) is 0. The van der Waals surface area contributed by atoms with Gasteiger partial charge in [-0.15, -0.1) is 0 Å². The molecule has 0 bridgehead atoms. The minimum absolute atomic E-state index is 0.328. The van der Waals surface area contributed by atoms with Gasteiger partial charge in [-0.25, -0.2) is 8.42 Å². The van der Waals surface area contributed by atoms with E-state index < -0.39 is 10.0 Å². The predicted octanol–water partition coefficient (Wildman–Crippen LogP) is 1.86. The summed E-state index contributed by atoms with van der Waals surface area (Å²) >= 11 is 3.29. The Morgan fingerprint density at radius 2 is 2.06 bits per heavy atom. The van der Waals surface area contributed by atoms with Gasteiger partial charge in [0.25, 0.3) is 0 Å². The molecule has 0 amide bonds. The number of benzene rings is 1. The van der Waals surface area contributed by atoms with E-state index in [0.717, 1.165) is 10.9 Å². The summed E-state index contributed by atoms with van der Waals surface area (Å²) in [5.74, 6) is 0. The van der Waals surface area contributed by atoms with Gasteiger partial charge < -0.3 is 4.74 Å². The Hall–Kier alpha value is -0.430. The van der Waals surface area contributed by atoms with Crippen LogP contribution in [-0.4, -0.2) is 39.0 Å². The van der Waals surface area contributed by atoms with Crippen LogP contribution in [0.3, 0.4) is 0 Å². The summed E-state index contributed by atoms with van der Waals surface area (Å²) in [7, 11) is -3.38. The first-order valence-electron chi connectivity index (χ1n) is 5.44. The van der Waals surface area contributed by atoms with E-state index in [2.05, 4.69) is 15.9 Å². The number of nitrogens with zero attached hydrogens (tertiary/aromatic N) is 1. The molecule has 0 saturated carbocycles. The Labute approximate surface area is 110 Å². The molecule has 1 aromatic rings. The zero-order valence-corrected chi connectivity index (χ0v) is 11.7. The van der Waals surface area contributed by atoms with Crippen molar-refractivity contribution in [2.24, 2.45) is 0 Å². The van der Waals surface area contributed by atoms with Crippen LogP contribution in [0.25, 0.3) is 0 Å². The van der Waals surface area contributed by atoms with Crippen LogP contribution in [0.5, 0.6) is 0 Å². The highest BCUT2D eigenvalue weighted by atomic mass is 79.9. The maximum absolute atomic E-state index is 12.3. The van der Waals surface area contributed by atoms with E-state index >= 15 is 0 Å². The lowest BCUT2D eigenvalue weighted by Gasteiger charge is -2.19. The van der Waals surface area contributed by atoms with E-state index in [1.165, 1.54) is 4.31 Å². The highest BCUT2D eigenvalue weighted by Gasteiger charge is 2.25. The molecule has 1 aromatic carbocycles. The molecule has 17 heavy (non-hydrogen) atoms. The zero-order valence-electron chi connectivity index (χ0n) is 9.30. The first-order chi connectivity index (χ1) is 8.10. The molecule has 1 saturated heterocycles. The van der Waals surface area contributed by atoms with Crippen LogP contribution in [-0.2, 0) is 14.8 Å². The average molecular weight is 320 g/mol. The van der Waals surface area contributed by atoms with Crippen LogP contribution >= 0.6 is 15.9 Å². The molecule has 94 valence electrons. The summed E-state index contributed by atoms with van der Waals surface area (Å²) in [4.78, 5) is 0.328. The molecule has 1 heterocycles. The molecule has 0 N–H and O–H groups in total. The second-order valence-electron chi connectivity index (χ2n) is 3.83. The maximum Gasteiger partial charge on any atom is 0.243 e. The Kier molecular flexibility index (Phi) is 4.19. The SMILES string of the molecule is O=S(=O)(c1cccc(Br)c1)N1CCCOCC1. The number of sulfonamides is 1. The Balaban J connectivity index is 2.28. The predicted molar refractivity (Wildman–Crippen MR) is 68.3 cm³/mol. The Bertz CT molecular complexity index is 481. The van der Waals surface area contributed by atoms with Gasteiger partial charge in [0, 0.05) is 24.2 Å². The van der Waals surface area contributed by atoms with E-state index in [1.54, 1.807) is 18.2 Å². The van der Waals surface area contributed by atoms with Crippen molar-refractivity contribution < 1.29 is 13.2 Å². The molecule has 1 fully saturated rings. The third kappa shape index (κ3) is 3.07. The van der Waals surface area contributed by atoms with E-state index in [1.807, 2.05) is 6.07 Å². The molecule has 0 atom stereocenters. The smallest absolute Gasteiger partial charge is 0.243 e. The topological polar surface area (TPSA) is 46.6 Å². The Morgan fingerprint density at radius 1 is 1.24 bits per heavy atom. The van der Waals surface area contributed by atoms with Gasteiger partial charge in [0.05, 0.1) is 11.5 Å². The number of ether oxygens (including phenoxy) is 1. The third-order valence-corrected chi connectivity index (χ3v) is 5.00. The summed E-state index contributed by atoms with van der Waals surface area (Å²) < 4.78 is 32.2. The van der Waals surface area contributed by atoms with Gasteiger partial charge in [-0.05, 0) is 24.6 Å². The van der Waals surface area contributed by atoms with Crippen molar-refractivity contribution in [3.8, 4) is 0 Å². The first-order valence-corrected chi connectivity index (χ1v) is 7.67.